The van der Waals surface area contributed by atoms with Crippen molar-refractivity contribution in [3.8, 4) is 34.0 Å². The number of rotatable bonds is 26. The van der Waals surface area contributed by atoms with Crippen molar-refractivity contribution in [1.82, 2.24) is 28.4 Å². The fraction of sp³-hybridized carbons (Fsp3) is 0.475. The molecule has 87 heavy (non-hydrogen) atoms. The molecule has 470 valence electrons. The van der Waals surface area contributed by atoms with Crippen LogP contribution in [0.3, 0.4) is 0 Å². The number of esters is 1. The molecule has 0 aliphatic heterocycles. The van der Waals surface area contributed by atoms with Crippen molar-refractivity contribution < 1.29 is 99.1 Å². The monoisotopic (exact) mass is 1260 g/mol. The van der Waals surface area contributed by atoms with E-state index in [9.17, 15) is 49.9 Å². The molecule has 2 amide bonds. The van der Waals surface area contributed by atoms with Crippen LogP contribution in [0, 0.1) is 11.6 Å². The number of amides is 2. The van der Waals surface area contributed by atoms with Crippen molar-refractivity contribution in [2.75, 3.05) is 60.6 Å². The fourth-order valence-electron chi connectivity index (χ4n) is 11.6. The summed E-state index contributed by atoms with van der Waals surface area (Å²) in [4.78, 5) is 49.2. The van der Waals surface area contributed by atoms with Gasteiger partial charge in [0, 0.05) is 99.4 Å². The van der Waals surface area contributed by atoms with Gasteiger partial charge in [0.2, 0.25) is 0 Å². The number of nitrogens with zero attached hydrogens (tertiary/aromatic N) is 4. The number of carbonyl (C=O) groups is 4. The Morgan fingerprint density at radius 3 is 1.37 bits per heavy atom. The Labute approximate surface area is 530 Å². The molecular weight excluding hydrogens is 1180 g/mol. The minimum absolute atomic E-state index is 0. The van der Waals surface area contributed by atoms with Gasteiger partial charge in [-0.05, 0) is 123 Å². The molecule has 2 fully saturated rings. The van der Waals surface area contributed by atoms with Gasteiger partial charge in [-0.25, -0.2) is 28.6 Å². The Hall–Kier alpha value is -6.00. The first kappa shape index (κ1) is 71.8. The zero-order chi connectivity index (χ0) is 61.6. The van der Waals surface area contributed by atoms with Gasteiger partial charge >= 0.3 is 41.5 Å². The van der Waals surface area contributed by atoms with Gasteiger partial charge in [0.25, 0.3) is 32.2 Å². The molecule has 0 spiro atoms. The van der Waals surface area contributed by atoms with Crippen LogP contribution < -0.4 is 59.9 Å². The van der Waals surface area contributed by atoms with E-state index < -0.39 is 44.0 Å². The van der Waals surface area contributed by atoms with Gasteiger partial charge in [-0.1, -0.05) is 63.5 Å². The number of hydrogen-bond donors (Lipinski definition) is 5. The van der Waals surface area contributed by atoms with E-state index in [0.717, 1.165) is 104 Å². The quantitative estimate of drug-likeness (QED) is 0.0238. The Bertz CT molecular complexity index is 3590. The molecule has 4 aromatic carbocycles. The third-order valence-corrected chi connectivity index (χ3v) is 18.2. The molecular formula is C61H81F2N8NaO13S2. The molecule has 0 saturated heterocycles. The Morgan fingerprint density at radius 1 is 0.598 bits per heavy atom. The fourth-order valence-corrected chi connectivity index (χ4v) is 12.3. The van der Waals surface area contributed by atoms with E-state index in [1.54, 1.807) is 30.3 Å². The molecule has 2 aromatic heterocycles. The Morgan fingerprint density at radius 2 is 0.989 bits per heavy atom. The van der Waals surface area contributed by atoms with Crippen molar-refractivity contribution in [1.29, 1.82) is 0 Å². The SMILES string of the molecule is CN(CCCCCNC(=O)COc1cc(F)ccc1-c1c(C2CCCCC2)c2ccc(C(=O)O)cc2n1C)S(N)(=O)=O.COC(=O)c1ccc2c(C3CCCCC3)c(-c3ccc(F)cc3OCC(=O)NCCCCCN(C)S(N)(=O)=O)n(C)c2c1.[Na+].[OH-]. The number of nitrogens with two attached hydrogens (primary N) is 2. The van der Waals surface area contributed by atoms with E-state index in [4.69, 9.17) is 24.5 Å². The predicted molar refractivity (Wildman–Crippen MR) is 325 cm³/mol. The van der Waals surface area contributed by atoms with Crippen LogP contribution in [0.5, 0.6) is 11.5 Å². The number of benzene rings is 4. The second-order valence-corrected chi connectivity index (χ2v) is 25.3. The van der Waals surface area contributed by atoms with Crippen LogP contribution in [0.2, 0.25) is 0 Å². The third kappa shape index (κ3) is 19.0. The molecule has 8 rings (SSSR count). The van der Waals surface area contributed by atoms with Gasteiger partial charge in [0.05, 0.1) is 29.6 Å². The number of aryl methyl sites for hydroxylation is 2. The number of carbonyl (C=O) groups excluding carboxylic acids is 3. The molecule has 2 aliphatic rings. The number of aromatic nitrogens is 2. The van der Waals surface area contributed by atoms with Crippen LogP contribution >= 0.6 is 0 Å². The first-order chi connectivity index (χ1) is 40.5. The molecule has 0 unspecified atom stereocenters. The maximum Gasteiger partial charge on any atom is 1.00 e. The maximum absolute atomic E-state index is 14.5. The number of hydrogen-bond acceptors (Lipinski definition) is 12. The topological polar surface area (TPSA) is 307 Å². The standard InChI is InChI=1S/C31H41FN4O6S.C30H39FN4O6S.Na.H2O/c1-35(43(33,39)40)17-9-5-8-16-34-28(37)20-42-27-19-23(32)13-15-25(27)30-29(21-10-6-4-7-11-21)24-14-12-22(31(38)41-3)18-26(24)36(30)2;1-34(42(32,39)40)16-8-4-7-15-33-27(36)19-41-26-18-22(31)12-14-24(26)29-28(20-9-5-3-6-10-20)23-13-11-21(30(37)38)17-25(23)35(29)2;;/h12-15,18-19,21H,4-11,16-17,20H2,1-3H3,(H,34,37)(H2,33,39,40);11-14,17-18,20H,3-10,15-16,19H2,1-2H3,(H,33,36)(H,37,38)(H2,32,39,40);;1H2/q;;+1;/p-1. The van der Waals surface area contributed by atoms with E-state index in [-0.39, 0.29) is 83.0 Å². The molecule has 0 bridgehead atoms. The molecule has 21 nitrogen and oxygen atoms in total. The van der Waals surface area contributed by atoms with Crippen molar-refractivity contribution in [3.63, 3.8) is 0 Å². The number of halogens is 2. The summed E-state index contributed by atoms with van der Waals surface area (Å²) in [5.74, 6) is -2.05. The summed E-state index contributed by atoms with van der Waals surface area (Å²) in [5, 5.41) is 27.3. The summed E-state index contributed by atoms with van der Waals surface area (Å²) >= 11 is 0. The number of fused-ring (bicyclic) bond motifs is 2. The number of methoxy groups -OCH3 is 1. The van der Waals surface area contributed by atoms with E-state index in [0.29, 0.717) is 87.3 Å². The van der Waals surface area contributed by atoms with Crippen LogP contribution in [0.25, 0.3) is 44.3 Å². The summed E-state index contributed by atoms with van der Waals surface area (Å²) in [6.07, 6.45) is 14.8. The van der Waals surface area contributed by atoms with Crippen LogP contribution in [0.15, 0.2) is 72.8 Å². The Kier molecular flexibility index (Phi) is 27.2. The summed E-state index contributed by atoms with van der Waals surface area (Å²) in [6, 6.07) is 19.3. The largest absolute Gasteiger partial charge is 1.00 e. The zero-order valence-corrected chi connectivity index (χ0v) is 54.2. The molecule has 2 heterocycles. The second kappa shape index (κ2) is 33.0. The number of carboxylic acid groups (broad SMARTS) is 1. The molecule has 2 saturated carbocycles. The molecule has 2 aliphatic carbocycles. The van der Waals surface area contributed by atoms with E-state index in [1.165, 1.54) is 58.3 Å². The third-order valence-electron chi connectivity index (χ3n) is 16.1. The summed E-state index contributed by atoms with van der Waals surface area (Å²) in [6.45, 7) is 0.787. The summed E-state index contributed by atoms with van der Waals surface area (Å²) in [7, 11) is 0.587. The first-order valence-corrected chi connectivity index (χ1v) is 31.9. The minimum atomic E-state index is -3.70. The number of ether oxygens (including phenoxy) is 3. The van der Waals surface area contributed by atoms with Gasteiger partial charge in [0.15, 0.2) is 13.2 Å². The number of carboxylic acids is 1. The average Bonchev–Trinajstić information content (AvgIpc) is 1.70. The number of unbranched alkanes of at least 4 members (excludes halogenated alkanes) is 4. The van der Waals surface area contributed by atoms with Crippen LogP contribution in [-0.2, 0) is 48.8 Å². The van der Waals surface area contributed by atoms with Gasteiger partial charge in [-0.3, -0.25) is 9.59 Å². The first-order valence-electron chi connectivity index (χ1n) is 28.9. The molecule has 6 aromatic rings. The maximum atomic E-state index is 14.5. The smallest absolute Gasteiger partial charge is 0.870 e. The van der Waals surface area contributed by atoms with Crippen LogP contribution in [0.1, 0.15) is 146 Å². The van der Waals surface area contributed by atoms with Gasteiger partial charge in [-0.2, -0.15) is 25.4 Å². The summed E-state index contributed by atoms with van der Waals surface area (Å²) in [5.41, 5.74) is 7.53. The molecule has 0 radical (unpaired) electrons. The molecule has 8 N–H and O–H groups in total. The van der Waals surface area contributed by atoms with E-state index in [2.05, 4.69) is 10.6 Å². The van der Waals surface area contributed by atoms with E-state index in [1.807, 2.05) is 41.4 Å². The number of aromatic carboxylic acids is 1. The average molecular weight is 1260 g/mol. The summed E-state index contributed by atoms with van der Waals surface area (Å²) < 4.78 is 96.9. The van der Waals surface area contributed by atoms with E-state index >= 15 is 0 Å². The van der Waals surface area contributed by atoms with Crippen molar-refractivity contribution >= 4 is 66.0 Å². The minimum Gasteiger partial charge on any atom is -0.870 e. The zero-order valence-electron chi connectivity index (χ0n) is 50.5. The van der Waals surface area contributed by atoms with Gasteiger partial charge in [0.1, 0.15) is 23.1 Å². The van der Waals surface area contributed by atoms with Crippen LogP contribution in [-0.4, -0.2) is 130 Å². The normalized spacial score (nSPS) is 14.0. The van der Waals surface area contributed by atoms with Crippen molar-refractivity contribution in [3.05, 3.63) is 107 Å². The van der Waals surface area contributed by atoms with Crippen molar-refractivity contribution in [2.45, 2.75) is 115 Å². The predicted octanol–water partition coefficient (Wildman–Crippen LogP) is 5.98. The van der Waals surface area contributed by atoms with Gasteiger partial charge in [-0.15, -0.1) is 0 Å². The van der Waals surface area contributed by atoms with Crippen LogP contribution in [0.4, 0.5) is 8.78 Å². The van der Waals surface area contributed by atoms with Crippen molar-refractivity contribution in [2.24, 2.45) is 24.4 Å². The Balaban J connectivity index is 0.000000310. The number of nitrogens with one attached hydrogen (secondary N) is 2. The molecule has 26 heteroatoms. The molecule has 0 atom stereocenters. The second-order valence-electron chi connectivity index (χ2n) is 22.0. The van der Waals surface area contributed by atoms with Gasteiger partial charge < -0.3 is 44.6 Å².